The van der Waals surface area contributed by atoms with Gasteiger partial charge in [-0.1, -0.05) is 167 Å². The number of carbonyl (C=O) groups excluding carboxylic acids is 12. The molecule has 13 N–H and O–H groups in total. The zero-order valence-corrected chi connectivity index (χ0v) is 71.8. The monoisotopic (exact) mass is 1670 g/mol. The Morgan fingerprint density at radius 2 is 0.805 bits per heavy atom. The van der Waals surface area contributed by atoms with Gasteiger partial charge in [-0.25, -0.2) is 9.59 Å². The van der Waals surface area contributed by atoms with Gasteiger partial charge in [0.2, 0.25) is 65.0 Å². The third kappa shape index (κ3) is 31.5. The van der Waals surface area contributed by atoms with Gasteiger partial charge in [0.1, 0.15) is 60.5 Å². The average molecular weight is 1670 g/mol. The van der Waals surface area contributed by atoms with E-state index in [-0.39, 0.29) is 60.5 Å². The third-order valence-electron chi connectivity index (χ3n) is 18.3. The number of aliphatic carboxylic acids is 1. The lowest BCUT2D eigenvalue weighted by Gasteiger charge is -2.37. The molecule has 0 aliphatic heterocycles. The molecule has 0 saturated carbocycles. The molecule has 5 aromatic carbocycles. The second-order valence-electron chi connectivity index (χ2n) is 32.6. The van der Waals surface area contributed by atoms with Gasteiger partial charge >= 0.3 is 12.1 Å². The zero-order chi connectivity index (χ0) is 87.2. The summed E-state index contributed by atoms with van der Waals surface area (Å²) >= 11 is 2.10. The maximum Gasteiger partial charge on any atom is 0.407 e. The molecule has 12 amide bonds. The maximum atomic E-state index is 15.7. The lowest BCUT2D eigenvalue weighted by molar-refractivity contribution is -0.142. The van der Waals surface area contributed by atoms with Crippen molar-refractivity contribution in [2.45, 2.75) is 213 Å². The standard InChI is InChI=1S/C86H118N12O18S2/c1-51(2)40-64(75(104)93-68(46-115-84(11,12)13)78(107)97-73(53(5)116-85(14,15)16)80(109)95-69(47-117-49-88-54(6)99)74(103)87-43-72(102)90-66(81(110)111)41-52(3)4)91-76(105)65(42-71(101)98-86(56-30-20-17-21-31-56,57-32-22-18-23-33-57)58-34-24-19-25-35-58)92-77(106)67(45-114-83(8,9)10)94-79(108)70(48-118-50-89-55(7)100)96-82(112)113-44-63-61-38-28-26-36-59(61)60-37-27-29-39-62(60)63/h17-39,51-53,63-70,73H,40-50H2,1-16H3,(H,87,103)(H,88,99)(H,89,100)(H,90,102)(H,91,105)(H,92,106)(H,93,104)(H,94,108)(H,95,109)(H,96,112)(H,97,107)(H,98,101)(H,110,111)/t53-,64+,65+,66+,67+,68+,69+,70+,73+/m1/s1. The van der Waals surface area contributed by atoms with E-state index in [1.54, 1.807) is 126 Å². The second kappa shape index (κ2) is 45.5. The van der Waals surface area contributed by atoms with Crippen LogP contribution >= 0.6 is 23.5 Å². The first kappa shape index (κ1) is 96.4. The summed E-state index contributed by atoms with van der Waals surface area (Å²) in [5.41, 5.74) is 1.26. The molecule has 0 bridgehead atoms. The molecule has 0 spiro atoms. The van der Waals surface area contributed by atoms with E-state index in [9.17, 15) is 43.5 Å². The molecule has 1 aliphatic rings. The molecule has 0 fully saturated rings. The molecular formula is C86H118N12O18S2. The minimum Gasteiger partial charge on any atom is -0.480 e. The van der Waals surface area contributed by atoms with Crippen LogP contribution in [0.25, 0.3) is 11.1 Å². The molecule has 0 heterocycles. The van der Waals surface area contributed by atoms with E-state index in [4.69, 9.17) is 18.9 Å². The van der Waals surface area contributed by atoms with Gasteiger partial charge in [0.05, 0.1) is 60.8 Å². The Morgan fingerprint density at radius 3 is 1.25 bits per heavy atom. The van der Waals surface area contributed by atoms with Crippen LogP contribution in [-0.4, -0.2) is 203 Å². The summed E-state index contributed by atoms with van der Waals surface area (Å²) in [7, 11) is 0. The number of amides is 12. The molecule has 642 valence electrons. The molecule has 0 saturated heterocycles. The number of hydrogen-bond donors (Lipinski definition) is 13. The van der Waals surface area contributed by atoms with Gasteiger partial charge in [-0.3, -0.25) is 52.7 Å². The van der Waals surface area contributed by atoms with Gasteiger partial charge in [0.25, 0.3) is 0 Å². The van der Waals surface area contributed by atoms with Crippen molar-refractivity contribution in [2.24, 2.45) is 11.8 Å². The number of hydrogen-bond acceptors (Lipinski definition) is 19. The van der Waals surface area contributed by atoms with E-state index in [1.165, 1.54) is 20.8 Å². The molecule has 0 radical (unpaired) electrons. The van der Waals surface area contributed by atoms with Crippen LogP contribution in [0.2, 0.25) is 0 Å². The Kier molecular flexibility index (Phi) is 37.2. The Labute approximate surface area is 699 Å². The lowest BCUT2D eigenvalue weighted by Crippen LogP contribution is -2.63. The molecule has 5 aromatic rings. The van der Waals surface area contributed by atoms with Crippen LogP contribution < -0.4 is 63.8 Å². The highest BCUT2D eigenvalue weighted by atomic mass is 32.2. The minimum atomic E-state index is -1.91. The van der Waals surface area contributed by atoms with Crippen LogP contribution in [0, 0.1) is 11.8 Å². The lowest BCUT2D eigenvalue weighted by atomic mass is 9.77. The average Bonchev–Trinajstić information content (AvgIpc) is 1.13. The Hall–Kier alpha value is -10.4. The van der Waals surface area contributed by atoms with Crippen LogP contribution in [0.15, 0.2) is 140 Å². The molecule has 6 rings (SSSR count). The Balaban J connectivity index is 1.38. The number of benzene rings is 5. The summed E-state index contributed by atoms with van der Waals surface area (Å²) in [6.45, 7) is 24.5. The first-order valence-corrected chi connectivity index (χ1v) is 41.7. The summed E-state index contributed by atoms with van der Waals surface area (Å²) in [6.07, 6.45) is -3.06. The quantitative estimate of drug-likeness (QED) is 0.0111. The minimum absolute atomic E-state index is 0.0147. The van der Waals surface area contributed by atoms with Crippen molar-refractivity contribution in [1.29, 1.82) is 0 Å². The number of carboxylic acid groups (broad SMARTS) is 1. The largest absolute Gasteiger partial charge is 0.480 e. The van der Waals surface area contributed by atoms with Crippen molar-refractivity contribution >= 4 is 101 Å². The van der Waals surface area contributed by atoms with E-state index in [0.29, 0.717) is 16.7 Å². The molecule has 32 heteroatoms. The number of nitrogens with one attached hydrogen (secondary N) is 12. The first-order chi connectivity index (χ1) is 55.5. The number of alkyl carbamates (subject to hydrolysis) is 1. The molecule has 1 aliphatic carbocycles. The molecule has 118 heavy (non-hydrogen) atoms. The van der Waals surface area contributed by atoms with Gasteiger partial charge in [-0.05, 0) is 133 Å². The fraction of sp³-hybridized carbons (Fsp3) is 0.500. The van der Waals surface area contributed by atoms with Gasteiger partial charge in [0, 0.05) is 31.3 Å². The fourth-order valence-corrected chi connectivity index (χ4v) is 14.6. The van der Waals surface area contributed by atoms with E-state index >= 15 is 24.0 Å². The molecule has 9 atom stereocenters. The van der Waals surface area contributed by atoms with E-state index in [2.05, 4.69) is 63.8 Å². The van der Waals surface area contributed by atoms with Crippen LogP contribution in [-0.2, 0) is 82.0 Å². The van der Waals surface area contributed by atoms with Crippen LogP contribution in [0.5, 0.6) is 0 Å². The summed E-state index contributed by atoms with van der Waals surface area (Å²) in [5.74, 6) is -11.9. The summed E-state index contributed by atoms with van der Waals surface area (Å²) < 4.78 is 24.5. The maximum absolute atomic E-state index is 15.7. The molecule has 0 aromatic heterocycles. The summed E-state index contributed by atoms with van der Waals surface area (Å²) in [4.78, 5) is 184. The van der Waals surface area contributed by atoms with Crippen molar-refractivity contribution in [1.82, 2.24) is 63.8 Å². The predicted octanol–water partition coefficient (Wildman–Crippen LogP) is 6.57. The van der Waals surface area contributed by atoms with Crippen LogP contribution in [0.1, 0.15) is 164 Å². The molecule has 0 unspecified atom stereocenters. The van der Waals surface area contributed by atoms with Crippen molar-refractivity contribution in [3.8, 4) is 11.1 Å². The topological polar surface area (TPSA) is 423 Å². The van der Waals surface area contributed by atoms with Gasteiger partial charge in [-0.15, -0.1) is 23.5 Å². The van der Waals surface area contributed by atoms with E-state index in [0.717, 1.165) is 45.8 Å². The Morgan fingerprint density at radius 1 is 0.415 bits per heavy atom. The highest BCUT2D eigenvalue weighted by molar-refractivity contribution is 7.99. The number of thioether (sulfide) groups is 2. The molecule has 30 nitrogen and oxygen atoms in total. The SMILES string of the molecule is CC(=O)NCSC[C@H](NC(=O)OCC1c2ccccc2-c2ccccc21)C(=O)N[C@@H](COC(C)(C)C)C(=O)N[C@@H](CC(=O)NC(c1ccccc1)(c1ccccc1)c1ccccc1)C(=O)N[C@@H](CC(C)C)C(=O)N[C@@H](COC(C)(C)C)C(=O)N[C@H](C(=O)N[C@@H](CSCNC(C)=O)C(=O)NCC(=O)N[C@@H](CC(C)C)C(=O)O)[C@@H](C)OC(C)(C)C. The smallest absolute Gasteiger partial charge is 0.407 e. The fourth-order valence-electron chi connectivity index (χ4n) is 12.8. The third-order valence-corrected chi connectivity index (χ3v) is 20.1. The number of rotatable bonds is 44. The predicted molar refractivity (Wildman–Crippen MR) is 451 cm³/mol. The number of carboxylic acids is 1. The van der Waals surface area contributed by atoms with Crippen LogP contribution in [0.3, 0.4) is 0 Å². The highest BCUT2D eigenvalue weighted by Gasteiger charge is 2.43. The summed E-state index contributed by atoms with van der Waals surface area (Å²) in [5, 5.41) is 42.0. The van der Waals surface area contributed by atoms with Gasteiger partial charge < -0.3 is 87.9 Å². The van der Waals surface area contributed by atoms with Crippen molar-refractivity contribution in [3.05, 3.63) is 167 Å². The van der Waals surface area contributed by atoms with Crippen molar-refractivity contribution in [2.75, 3.05) is 49.6 Å². The van der Waals surface area contributed by atoms with E-state index in [1.807, 2.05) is 103 Å². The number of carbonyl (C=O) groups is 13. The zero-order valence-electron chi connectivity index (χ0n) is 70.2. The molecular weight excluding hydrogens is 1550 g/mol. The number of fused-ring (bicyclic) bond motifs is 3. The number of ether oxygens (including phenoxy) is 4. The van der Waals surface area contributed by atoms with Gasteiger partial charge in [0.15, 0.2) is 0 Å². The van der Waals surface area contributed by atoms with Gasteiger partial charge in [-0.2, -0.15) is 0 Å². The van der Waals surface area contributed by atoms with Crippen LogP contribution in [0.4, 0.5) is 4.79 Å². The highest BCUT2D eigenvalue weighted by Crippen LogP contribution is 2.45. The first-order valence-electron chi connectivity index (χ1n) is 39.4. The summed E-state index contributed by atoms with van der Waals surface area (Å²) in [6, 6.07) is 29.9. The Bertz CT molecular complexity index is 4090. The van der Waals surface area contributed by atoms with E-state index < -0.39 is 180 Å². The van der Waals surface area contributed by atoms with Crippen molar-refractivity contribution in [3.63, 3.8) is 0 Å². The normalized spacial score (nSPS) is 14.4. The second-order valence-corrected chi connectivity index (χ2v) is 34.7. The van der Waals surface area contributed by atoms with Crippen molar-refractivity contribution < 1.29 is 86.4 Å².